The number of nitrogens with zero attached hydrogens (tertiary/aromatic N) is 2. The van der Waals surface area contributed by atoms with Crippen LogP contribution in [-0.2, 0) is 15.8 Å². The van der Waals surface area contributed by atoms with Gasteiger partial charge in [0, 0.05) is 12.1 Å². The molecule has 41 heavy (non-hydrogen) atoms. The van der Waals surface area contributed by atoms with Crippen LogP contribution in [0.5, 0.6) is 0 Å². The summed E-state index contributed by atoms with van der Waals surface area (Å²) in [5.41, 5.74) is 0.559. The number of hydrogen-bond donors (Lipinski definition) is 3. The lowest BCUT2D eigenvalue weighted by Crippen LogP contribution is -2.50. The fourth-order valence-corrected chi connectivity index (χ4v) is 5.49. The number of aliphatic hydroxyl groups is 1. The number of amides is 1. The van der Waals surface area contributed by atoms with E-state index < -0.39 is 29.5 Å². The smallest absolute Gasteiger partial charge is 0.416 e. The monoisotopic (exact) mass is 575 g/mol. The lowest BCUT2D eigenvalue weighted by atomic mass is 9.86. The van der Waals surface area contributed by atoms with Crippen LogP contribution in [0, 0.1) is 0 Å². The van der Waals surface area contributed by atoms with Crippen molar-refractivity contribution in [2.75, 3.05) is 13.6 Å². The van der Waals surface area contributed by atoms with Crippen LogP contribution in [0.25, 0.3) is 0 Å². The highest BCUT2D eigenvalue weighted by Gasteiger charge is 2.50. The maximum absolute atomic E-state index is 13.9. The molecule has 1 fully saturated rings. The van der Waals surface area contributed by atoms with Crippen molar-refractivity contribution < 1.29 is 33.0 Å². The van der Waals surface area contributed by atoms with Crippen LogP contribution < -0.4 is 5.32 Å². The minimum atomic E-state index is -4.49. The molecule has 1 aliphatic heterocycles. The van der Waals surface area contributed by atoms with E-state index in [-0.39, 0.29) is 29.6 Å². The van der Waals surface area contributed by atoms with Gasteiger partial charge >= 0.3 is 12.1 Å². The van der Waals surface area contributed by atoms with E-state index in [1.54, 1.807) is 14.0 Å². The predicted octanol–water partition coefficient (Wildman–Crippen LogP) is 6.27. The molecule has 1 saturated carbocycles. The molecule has 1 unspecified atom stereocenters. The molecule has 1 heterocycles. The van der Waals surface area contributed by atoms with Crippen molar-refractivity contribution in [1.29, 1.82) is 0 Å². The average Bonchev–Trinajstić information content (AvgIpc) is 3.21. The van der Waals surface area contributed by atoms with Crippen LogP contribution in [0.2, 0.25) is 0 Å². The second kappa shape index (κ2) is 14.1. The number of carbonyl (C=O) groups excluding carboxylic acids is 1. The first-order chi connectivity index (χ1) is 19.4. The van der Waals surface area contributed by atoms with Crippen molar-refractivity contribution in [1.82, 2.24) is 10.2 Å². The van der Waals surface area contributed by atoms with E-state index in [2.05, 4.69) is 12.2 Å². The summed E-state index contributed by atoms with van der Waals surface area (Å²) >= 11 is 0. The van der Waals surface area contributed by atoms with Gasteiger partial charge in [-0.3, -0.25) is 14.6 Å². The molecule has 2 aromatic carbocycles. The number of alkyl halides is 3. The molecule has 0 bridgehead atoms. The number of aliphatic imine (C=N–C) groups is 1. The van der Waals surface area contributed by atoms with Crippen molar-refractivity contribution in [2.24, 2.45) is 4.99 Å². The minimum absolute atomic E-state index is 0.120. The summed E-state index contributed by atoms with van der Waals surface area (Å²) in [6, 6.07) is 12.3. The first-order valence-corrected chi connectivity index (χ1v) is 14.2. The van der Waals surface area contributed by atoms with Crippen LogP contribution in [0.15, 0.2) is 53.5 Å². The fraction of sp³-hybridized carbons (Fsp3) is 0.516. The Labute approximate surface area is 239 Å². The Kier molecular flexibility index (Phi) is 11.1. The summed E-state index contributed by atoms with van der Waals surface area (Å²) < 4.78 is 40.1. The third kappa shape index (κ3) is 7.95. The summed E-state index contributed by atoms with van der Waals surface area (Å²) in [5, 5.41) is 20.6. The largest absolute Gasteiger partial charge is 0.481 e. The molecule has 2 aromatic rings. The molecule has 224 valence electrons. The van der Waals surface area contributed by atoms with Crippen LogP contribution >= 0.6 is 0 Å². The van der Waals surface area contributed by atoms with E-state index >= 15 is 0 Å². The van der Waals surface area contributed by atoms with E-state index in [4.69, 9.17) is 10.1 Å². The van der Waals surface area contributed by atoms with Gasteiger partial charge in [-0.05, 0) is 69.3 Å². The number of nitrogens with one attached hydrogen (secondary N) is 1. The van der Waals surface area contributed by atoms with Crippen molar-refractivity contribution >= 4 is 17.6 Å². The summed E-state index contributed by atoms with van der Waals surface area (Å²) in [7, 11) is 1.73. The Balaban J connectivity index is 0.000000587. The number of carbonyl (C=O) groups is 2. The van der Waals surface area contributed by atoms with Gasteiger partial charge < -0.3 is 20.4 Å². The Morgan fingerprint density at radius 2 is 1.73 bits per heavy atom. The third-order valence-electron chi connectivity index (χ3n) is 7.57. The van der Waals surface area contributed by atoms with Crippen molar-refractivity contribution in [3.05, 3.63) is 70.8 Å². The summed E-state index contributed by atoms with van der Waals surface area (Å²) in [5.74, 6) is -1.06. The highest BCUT2D eigenvalue weighted by Crippen LogP contribution is 2.46. The Morgan fingerprint density at radius 1 is 1.10 bits per heavy atom. The zero-order valence-corrected chi connectivity index (χ0v) is 23.9. The van der Waals surface area contributed by atoms with Gasteiger partial charge in [0.1, 0.15) is 11.4 Å². The second-order valence-electron chi connectivity index (χ2n) is 10.7. The Morgan fingerprint density at radius 3 is 2.24 bits per heavy atom. The first-order valence-electron chi connectivity index (χ1n) is 14.2. The number of carboxylic acids is 1. The summed E-state index contributed by atoms with van der Waals surface area (Å²) in [4.78, 5) is 30.3. The Bertz CT molecular complexity index is 1210. The third-order valence-corrected chi connectivity index (χ3v) is 7.57. The van der Waals surface area contributed by atoms with E-state index in [0.717, 1.165) is 48.9 Å². The van der Waals surface area contributed by atoms with Gasteiger partial charge in [0.05, 0.1) is 24.1 Å². The lowest BCUT2D eigenvalue weighted by molar-refractivity contribution is -0.138. The van der Waals surface area contributed by atoms with Crippen LogP contribution in [0.4, 0.5) is 13.2 Å². The number of aliphatic carboxylic acids is 1. The maximum Gasteiger partial charge on any atom is 0.416 e. The molecule has 3 N–H and O–H groups in total. The van der Waals surface area contributed by atoms with E-state index in [9.17, 15) is 27.9 Å². The zero-order chi connectivity index (χ0) is 30.2. The predicted molar refractivity (Wildman–Crippen MR) is 152 cm³/mol. The molecular weight excluding hydrogens is 535 g/mol. The molecule has 10 heteroatoms. The lowest BCUT2D eigenvalue weighted by Gasteiger charge is -2.44. The van der Waals surface area contributed by atoms with Gasteiger partial charge in [-0.15, -0.1) is 0 Å². The molecule has 0 radical (unpaired) electrons. The number of rotatable bonds is 9. The van der Waals surface area contributed by atoms with E-state index in [1.165, 1.54) is 12.1 Å². The molecule has 2 aliphatic rings. The highest BCUT2D eigenvalue weighted by atomic mass is 19.4. The quantitative estimate of drug-likeness (QED) is 0.327. The molecule has 0 saturated heterocycles. The van der Waals surface area contributed by atoms with Gasteiger partial charge in [0.2, 0.25) is 0 Å². The normalized spacial score (nSPS) is 18.0. The molecule has 2 atom stereocenters. The molecule has 7 nitrogen and oxygen atoms in total. The van der Waals surface area contributed by atoms with Crippen molar-refractivity contribution in [2.45, 2.75) is 89.2 Å². The first kappa shape index (κ1) is 32.3. The van der Waals surface area contributed by atoms with Gasteiger partial charge in [-0.2, -0.15) is 13.2 Å². The van der Waals surface area contributed by atoms with E-state index in [0.29, 0.717) is 25.8 Å². The number of hydrogen-bond acceptors (Lipinski definition) is 5. The van der Waals surface area contributed by atoms with Gasteiger partial charge in [0.25, 0.3) is 5.91 Å². The van der Waals surface area contributed by atoms with Gasteiger partial charge in [-0.25, -0.2) is 0 Å². The molecule has 1 amide bonds. The number of halogens is 3. The SMILES string of the molecule is CCC[C@H](c1ccc(C(C)O)cc1)N1C(=O)C(c2cccc(C(F)(F)F)c2)=NC12CCCCC2.CNCCC(=O)O. The van der Waals surface area contributed by atoms with Crippen LogP contribution in [0.3, 0.4) is 0 Å². The van der Waals surface area contributed by atoms with Gasteiger partial charge in [0.15, 0.2) is 0 Å². The standard InChI is InChI=1S/C27H31F3N2O2.C4H9NO2/c1-3-8-23(20-13-11-19(12-14-20)18(2)33)32-25(34)24(31-26(32)15-5-4-6-16-26)21-9-7-10-22(17-21)27(28,29)30;1-5-3-2-4(6)7/h7,9-14,17-18,23,33H,3-6,8,15-16H2,1-2H3;5H,2-3H2,1H3,(H,6,7)/t18?,23-;/m1./s1. The van der Waals surface area contributed by atoms with Crippen molar-refractivity contribution in [3.63, 3.8) is 0 Å². The summed E-state index contributed by atoms with van der Waals surface area (Å²) in [6.45, 7) is 4.31. The number of carboxylic acid groups (broad SMARTS) is 1. The number of benzene rings is 2. The topological polar surface area (TPSA) is 102 Å². The number of aliphatic hydroxyl groups excluding tert-OH is 1. The second-order valence-corrected chi connectivity index (χ2v) is 10.7. The highest BCUT2D eigenvalue weighted by molar-refractivity contribution is 6.46. The van der Waals surface area contributed by atoms with Gasteiger partial charge in [-0.1, -0.05) is 56.2 Å². The van der Waals surface area contributed by atoms with Crippen LogP contribution in [-0.4, -0.2) is 52.0 Å². The maximum atomic E-state index is 13.9. The summed E-state index contributed by atoms with van der Waals surface area (Å²) in [6.07, 6.45) is 0.973. The average molecular weight is 576 g/mol. The molecular formula is C31H40F3N3O4. The van der Waals surface area contributed by atoms with E-state index in [1.807, 2.05) is 29.2 Å². The van der Waals surface area contributed by atoms with Crippen molar-refractivity contribution in [3.8, 4) is 0 Å². The molecule has 1 aliphatic carbocycles. The molecule has 0 aromatic heterocycles. The molecule has 1 spiro atoms. The minimum Gasteiger partial charge on any atom is -0.481 e. The fourth-order valence-electron chi connectivity index (χ4n) is 5.49. The zero-order valence-electron chi connectivity index (χ0n) is 23.9. The van der Waals surface area contributed by atoms with Crippen LogP contribution in [0.1, 0.15) is 99.6 Å². The molecule has 4 rings (SSSR count). The Hall–Kier alpha value is -3.24.